The molecule has 0 aromatic rings. The summed E-state index contributed by atoms with van der Waals surface area (Å²) >= 11 is 0. The first-order valence-corrected chi connectivity index (χ1v) is 7.34. The molecule has 0 aromatic carbocycles. The quantitative estimate of drug-likeness (QED) is 0.719. The zero-order valence-electron chi connectivity index (χ0n) is 11.5. The van der Waals surface area contributed by atoms with Gasteiger partial charge in [0.05, 0.1) is 6.26 Å². The van der Waals surface area contributed by atoms with Gasteiger partial charge in [-0.15, -0.1) is 0 Å². The van der Waals surface area contributed by atoms with E-state index in [0.29, 0.717) is 6.54 Å². The number of sulfonamides is 1. The van der Waals surface area contributed by atoms with E-state index in [2.05, 4.69) is 20.8 Å². The van der Waals surface area contributed by atoms with E-state index in [0.717, 1.165) is 0 Å². The summed E-state index contributed by atoms with van der Waals surface area (Å²) in [5.41, 5.74) is -0.295. The molecule has 0 aromatic heterocycles. The predicted molar refractivity (Wildman–Crippen MR) is 69.9 cm³/mol. The molecule has 16 heavy (non-hydrogen) atoms. The molecule has 0 bridgehead atoms. The Labute approximate surface area is 101 Å². The maximum absolute atomic E-state index is 11.6. The summed E-state index contributed by atoms with van der Waals surface area (Å²) in [6, 6.07) is 0. The predicted octanol–water partition coefficient (Wildman–Crippen LogP) is 2.65. The smallest absolute Gasteiger partial charge is 0.211 e. The molecule has 0 aliphatic rings. The lowest BCUT2D eigenvalue weighted by molar-refractivity contribution is 0.271. The normalized spacial score (nSPS) is 15.0. The van der Waals surface area contributed by atoms with Crippen LogP contribution in [-0.2, 0) is 10.0 Å². The molecule has 0 saturated heterocycles. The summed E-state index contributed by atoms with van der Waals surface area (Å²) < 4.78 is 24.8. The van der Waals surface area contributed by atoms with Crippen LogP contribution in [0.25, 0.3) is 0 Å². The first-order valence-electron chi connectivity index (χ1n) is 5.49. The van der Waals surface area contributed by atoms with Crippen LogP contribution in [-0.4, -0.2) is 31.1 Å². The fourth-order valence-electron chi connectivity index (χ4n) is 1.41. The second kappa shape index (κ2) is 4.88. The average Bonchev–Trinajstić information content (AvgIpc) is 1.90. The van der Waals surface area contributed by atoms with Crippen LogP contribution < -0.4 is 0 Å². The molecule has 0 saturated carbocycles. The highest BCUT2D eigenvalue weighted by Crippen LogP contribution is 2.19. The monoisotopic (exact) mass is 247 g/mol. The Morgan fingerprint density at radius 3 is 1.75 bits per heavy atom. The van der Waals surface area contributed by atoms with E-state index in [4.69, 9.17) is 0 Å². The molecule has 3 nitrogen and oxygen atoms in total. The maximum atomic E-state index is 11.6. The van der Waals surface area contributed by atoms with Crippen molar-refractivity contribution < 1.29 is 8.42 Å². The minimum absolute atomic E-state index is 0.0844. The Balaban J connectivity index is 4.82. The van der Waals surface area contributed by atoms with E-state index in [-0.39, 0.29) is 11.0 Å². The molecule has 0 rings (SSSR count). The molecule has 0 radical (unpaired) electrons. The number of nitrogens with zero attached hydrogens (tertiary/aromatic N) is 1. The number of allylic oxidation sites excluding steroid dienone is 1. The van der Waals surface area contributed by atoms with Crippen molar-refractivity contribution in [3.05, 3.63) is 12.2 Å². The summed E-state index contributed by atoms with van der Waals surface area (Å²) in [5, 5.41) is 0. The van der Waals surface area contributed by atoms with Gasteiger partial charge in [-0.3, -0.25) is 0 Å². The van der Waals surface area contributed by atoms with Crippen molar-refractivity contribution in [3.8, 4) is 0 Å². The van der Waals surface area contributed by atoms with Crippen LogP contribution >= 0.6 is 0 Å². The zero-order valence-corrected chi connectivity index (χ0v) is 12.4. The molecule has 0 aliphatic heterocycles. The van der Waals surface area contributed by atoms with Gasteiger partial charge in [0.15, 0.2) is 0 Å². The summed E-state index contributed by atoms with van der Waals surface area (Å²) in [6.07, 6.45) is 5.21. The molecule has 0 amide bonds. The van der Waals surface area contributed by atoms with Gasteiger partial charge < -0.3 is 0 Å². The highest BCUT2D eigenvalue weighted by atomic mass is 32.2. The molecular weight excluding hydrogens is 222 g/mol. The summed E-state index contributed by atoms with van der Waals surface area (Å²) in [6.45, 7) is 12.4. The first-order chi connectivity index (χ1) is 6.84. The van der Waals surface area contributed by atoms with E-state index in [1.807, 2.05) is 32.9 Å². The number of rotatable bonds is 3. The summed E-state index contributed by atoms with van der Waals surface area (Å²) in [7, 11) is -3.16. The number of hydrogen-bond acceptors (Lipinski definition) is 2. The molecule has 0 N–H and O–H groups in total. The summed E-state index contributed by atoms with van der Waals surface area (Å²) in [5.74, 6) is 0. The highest BCUT2D eigenvalue weighted by Gasteiger charge is 2.28. The van der Waals surface area contributed by atoms with Crippen molar-refractivity contribution in [3.63, 3.8) is 0 Å². The lowest BCUT2D eigenvalue weighted by Gasteiger charge is -2.32. The molecule has 0 aliphatic carbocycles. The lowest BCUT2D eigenvalue weighted by atomic mass is 9.96. The van der Waals surface area contributed by atoms with E-state index >= 15 is 0 Å². The lowest BCUT2D eigenvalue weighted by Crippen LogP contribution is -2.45. The summed E-state index contributed by atoms with van der Waals surface area (Å²) in [4.78, 5) is 0. The zero-order chi connectivity index (χ0) is 13.2. The first kappa shape index (κ1) is 15.7. The van der Waals surface area contributed by atoms with Crippen LogP contribution in [0.1, 0.15) is 41.5 Å². The van der Waals surface area contributed by atoms with Crippen molar-refractivity contribution in [1.82, 2.24) is 4.31 Å². The van der Waals surface area contributed by atoms with E-state index < -0.39 is 10.0 Å². The van der Waals surface area contributed by atoms with E-state index in [1.54, 1.807) is 0 Å². The second-order valence-electron chi connectivity index (χ2n) is 6.23. The topological polar surface area (TPSA) is 37.4 Å². The van der Waals surface area contributed by atoms with Gasteiger partial charge in [-0.25, -0.2) is 8.42 Å². The van der Waals surface area contributed by atoms with Crippen molar-refractivity contribution in [2.45, 2.75) is 47.1 Å². The van der Waals surface area contributed by atoms with Crippen LogP contribution in [0, 0.1) is 5.41 Å². The minimum atomic E-state index is -3.16. The van der Waals surface area contributed by atoms with Gasteiger partial charge in [-0.2, -0.15) is 4.31 Å². The Morgan fingerprint density at radius 2 is 1.50 bits per heavy atom. The van der Waals surface area contributed by atoms with Gasteiger partial charge in [0.1, 0.15) is 0 Å². The van der Waals surface area contributed by atoms with Crippen molar-refractivity contribution in [2.24, 2.45) is 5.41 Å². The Hall–Kier alpha value is -0.350. The van der Waals surface area contributed by atoms with Crippen LogP contribution in [0.15, 0.2) is 12.2 Å². The van der Waals surface area contributed by atoms with Crippen LogP contribution in [0.3, 0.4) is 0 Å². The van der Waals surface area contributed by atoms with Crippen molar-refractivity contribution in [1.29, 1.82) is 0 Å². The largest absolute Gasteiger partial charge is 0.212 e. The third-order valence-electron chi connectivity index (χ3n) is 2.04. The van der Waals surface area contributed by atoms with E-state index in [1.165, 1.54) is 10.6 Å². The molecule has 96 valence electrons. The molecule has 0 unspecified atom stereocenters. The Morgan fingerprint density at radius 1 is 1.06 bits per heavy atom. The third kappa shape index (κ3) is 6.28. The van der Waals surface area contributed by atoms with Crippen LogP contribution in [0.5, 0.6) is 0 Å². The third-order valence-corrected chi connectivity index (χ3v) is 3.54. The van der Waals surface area contributed by atoms with Gasteiger partial charge in [0.25, 0.3) is 0 Å². The molecule has 0 spiro atoms. The van der Waals surface area contributed by atoms with Gasteiger partial charge in [-0.1, -0.05) is 32.9 Å². The molecule has 0 atom stereocenters. The van der Waals surface area contributed by atoms with E-state index in [9.17, 15) is 8.42 Å². The molecule has 4 heteroatoms. The van der Waals surface area contributed by atoms with Gasteiger partial charge >= 0.3 is 0 Å². The minimum Gasteiger partial charge on any atom is -0.212 e. The fourth-order valence-corrected chi connectivity index (χ4v) is 2.76. The van der Waals surface area contributed by atoms with Crippen molar-refractivity contribution >= 4 is 10.0 Å². The highest BCUT2D eigenvalue weighted by molar-refractivity contribution is 7.88. The Bertz CT molecular complexity index is 342. The SMILES string of the molecule is CC(C)(C)/C=C\CN(C(C)(C)C)S(C)(=O)=O. The van der Waals surface area contributed by atoms with Gasteiger partial charge in [-0.05, 0) is 26.2 Å². The molecule has 0 fully saturated rings. The molecule has 0 heterocycles. The maximum Gasteiger partial charge on any atom is 0.211 e. The van der Waals surface area contributed by atoms with Crippen LogP contribution in [0.2, 0.25) is 0 Å². The van der Waals surface area contributed by atoms with Gasteiger partial charge in [0.2, 0.25) is 10.0 Å². The fraction of sp³-hybridized carbons (Fsp3) is 0.833. The standard InChI is InChI=1S/C12H25NO2S/c1-11(2,3)9-8-10-13(12(4,5)6)16(7,14)15/h8-9H,10H2,1-7H3/b9-8-. The number of hydrogen-bond donors (Lipinski definition) is 0. The van der Waals surface area contributed by atoms with Gasteiger partial charge in [0, 0.05) is 12.1 Å². The Kier molecular flexibility index (Phi) is 4.77. The van der Waals surface area contributed by atoms with Crippen molar-refractivity contribution in [2.75, 3.05) is 12.8 Å². The molecular formula is C12H25NO2S. The second-order valence-corrected chi connectivity index (χ2v) is 8.14. The average molecular weight is 247 g/mol. The van der Waals surface area contributed by atoms with Crippen LogP contribution in [0.4, 0.5) is 0 Å².